The number of nitrogens with two attached hydrogens (primary N) is 1. The van der Waals surface area contributed by atoms with Crippen LogP contribution in [0.1, 0.15) is 31.9 Å². The lowest BCUT2D eigenvalue weighted by Crippen LogP contribution is -2.32. The maximum Gasteiger partial charge on any atom is 0.242 e. The van der Waals surface area contributed by atoms with Crippen molar-refractivity contribution in [1.29, 1.82) is 0 Å². The summed E-state index contributed by atoms with van der Waals surface area (Å²) >= 11 is 4.85. The molecule has 1 aliphatic rings. The Kier molecular flexibility index (Phi) is 4.72. The molecular formula is C13H19N3O2S2. The largest absolute Gasteiger partial charge is 0.388 e. The third kappa shape index (κ3) is 3.34. The third-order valence-corrected chi connectivity index (χ3v) is 5.52. The SMILES string of the molecule is CC1CCCC1CNS(=O)(=O)c1cccnc1C(N)=S. The molecule has 2 atom stereocenters. The molecule has 0 bridgehead atoms. The molecule has 1 saturated carbocycles. The molecule has 0 amide bonds. The van der Waals surface area contributed by atoms with Gasteiger partial charge in [0.1, 0.15) is 15.6 Å². The molecule has 1 aromatic heterocycles. The van der Waals surface area contributed by atoms with Crippen molar-refractivity contribution in [3.63, 3.8) is 0 Å². The number of hydrogen-bond acceptors (Lipinski definition) is 4. The van der Waals surface area contributed by atoms with E-state index in [1.54, 1.807) is 6.07 Å². The van der Waals surface area contributed by atoms with Crippen LogP contribution < -0.4 is 10.5 Å². The van der Waals surface area contributed by atoms with E-state index >= 15 is 0 Å². The van der Waals surface area contributed by atoms with Crippen LogP contribution in [-0.2, 0) is 10.0 Å². The van der Waals surface area contributed by atoms with Gasteiger partial charge in [-0.2, -0.15) is 0 Å². The second-order valence-electron chi connectivity index (χ2n) is 5.23. The second kappa shape index (κ2) is 6.15. The van der Waals surface area contributed by atoms with Crippen LogP contribution in [0.15, 0.2) is 23.2 Å². The quantitative estimate of drug-likeness (QED) is 0.803. The Morgan fingerprint density at radius 3 is 2.90 bits per heavy atom. The van der Waals surface area contributed by atoms with Crippen LogP contribution in [0.25, 0.3) is 0 Å². The molecular weight excluding hydrogens is 294 g/mol. The Hall–Kier alpha value is -1.05. The van der Waals surface area contributed by atoms with E-state index in [1.807, 2.05) is 0 Å². The molecule has 2 unspecified atom stereocenters. The van der Waals surface area contributed by atoms with Gasteiger partial charge >= 0.3 is 0 Å². The van der Waals surface area contributed by atoms with Crippen LogP contribution >= 0.6 is 12.2 Å². The summed E-state index contributed by atoms with van der Waals surface area (Å²) in [5.74, 6) is 0.955. The first-order valence-corrected chi connectivity index (χ1v) is 8.55. The topological polar surface area (TPSA) is 85.1 Å². The summed E-state index contributed by atoms with van der Waals surface area (Å²) < 4.78 is 27.4. The molecule has 7 heteroatoms. The molecule has 1 heterocycles. The zero-order valence-electron chi connectivity index (χ0n) is 11.4. The minimum absolute atomic E-state index is 0.0137. The Bertz CT molecular complexity index is 601. The maximum atomic E-state index is 12.4. The van der Waals surface area contributed by atoms with Crippen LogP contribution in [0.3, 0.4) is 0 Å². The standard InChI is InChI=1S/C13H19N3O2S2/c1-9-4-2-5-10(9)8-16-20(17,18)11-6-3-7-15-12(11)13(14)19/h3,6-7,9-10,16H,2,4-5,8H2,1H3,(H2,14,19). The van der Waals surface area contributed by atoms with Gasteiger partial charge in [-0.25, -0.2) is 13.1 Å². The highest BCUT2D eigenvalue weighted by atomic mass is 32.2. The van der Waals surface area contributed by atoms with Gasteiger partial charge in [0, 0.05) is 12.7 Å². The van der Waals surface area contributed by atoms with Crippen molar-refractivity contribution in [1.82, 2.24) is 9.71 Å². The average Bonchev–Trinajstić information content (AvgIpc) is 2.82. The first-order valence-electron chi connectivity index (χ1n) is 6.66. The number of pyridine rings is 1. The summed E-state index contributed by atoms with van der Waals surface area (Å²) in [4.78, 5) is 3.99. The van der Waals surface area contributed by atoms with E-state index in [2.05, 4.69) is 16.6 Å². The van der Waals surface area contributed by atoms with Gasteiger partial charge in [-0.15, -0.1) is 0 Å². The van der Waals surface area contributed by atoms with Crippen molar-refractivity contribution in [2.75, 3.05) is 6.54 Å². The van der Waals surface area contributed by atoms with Crippen LogP contribution in [-0.4, -0.2) is 24.9 Å². The van der Waals surface area contributed by atoms with Crippen molar-refractivity contribution in [3.05, 3.63) is 24.0 Å². The fraction of sp³-hybridized carbons (Fsp3) is 0.538. The van der Waals surface area contributed by atoms with Gasteiger partial charge in [-0.05, 0) is 30.4 Å². The van der Waals surface area contributed by atoms with Gasteiger partial charge in [-0.3, -0.25) is 4.98 Å². The molecule has 1 fully saturated rings. The van der Waals surface area contributed by atoms with Crippen molar-refractivity contribution in [2.45, 2.75) is 31.1 Å². The van der Waals surface area contributed by atoms with Crippen molar-refractivity contribution in [3.8, 4) is 0 Å². The number of hydrogen-bond donors (Lipinski definition) is 2. The predicted molar refractivity (Wildman–Crippen MR) is 81.8 cm³/mol. The second-order valence-corrected chi connectivity index (χ2v) is 7.41. The van der Waals surface area contributed by atoms with Crippen LogP contribution in [0.5, 0.6) is 0 Å². The highest BCUT2D eigenvalue weighted by Gasteiger charge is 2.26. The number of sulfonamides is 1. The number of nitrogens with one attached hydrogen (secondary N) is 1. The minimum Gasteiger partial charge on any atom is -0.388 e. The number of nitrogens with zero attached hydrogens (tertiary/aromatic N) is 1. The lowest BCUT2D eigenvalue weighted by molar-refractivity contribution is 0.414. The number of thiocarbonyl (C=S) groups is 1. The normalized spacial score (nSPS) is 22.9. The Morgan fingerprint density at radius 2 is 2.30 bits per heavy atom. The summed E-state index contributed by atoms with van der Waals surface area (Å²) in [6.07, 6.45) is 4.88. The predicted octanol–water partition coefficient (Wildman–Crippen LogP) is 1.43. The number of aromatic nitrogens is 1. The van der Waals surface area contributed by atoms with Gasteiger partial charge in [0.25, 0.3) is 0 Å². The molecule has 0 radical (unpaired) electrons. The van der Waals surface area contributed by atoms with E-state index in [0.29, 0.717) is 18.4 Å². The van der Waals surface area contributed by atoms with E-state index in [9.17, 15) is 8.42 Å². The lowest BCUT2D eigenvalue weighted by Gasteiger charge is -2.16. The van der Waals surface area contributed by atoms with Gasteiger partial charge in [0.05, 0.1) is 0 Å². The van der Waals surface area contributed by atoms with E-state index in [1.165, 1.54) is 18.7 Å². The zero-order chi connectivity index (χ0) is 14.8. The molecule has 0 spiro atoms. The van der Waals surface area contributed by atoms with E-state index < -0.39 is 10.0 Å². The molecule has 1 aliphatic carbocycles. The van der Waals surface area contributed by atoms with E-state index in [0.717, 1.165) is 12.8 Å². The highest BCUT2D eigenvalue weighted by molar-refractivity contribution is 7.89. The number of rotatable bonds is 5. The molecule has 1 aromatic rings. The molecule has 20 heavy (non-hydrogen) atoms. The molecule has 0 aromatic carbocycles. The molecule has 0 saturated heterocycles. The molecule has 5 nitrogen and oxygen atoms in total. The van der Waals surface area contributed by atoms with Gasteiger partial charge in [0.2, 0.25) is 10.0 Å². The highest BCUT2D eigenvalue weighted by Crippen LogP contribution is 2.30. The Morgan fingerprint density at radius 1 is 1.55 bits per heavy atom. The third-order valence-electron chi connectivity index (χ3n) is 3.87. The summed E-state index contributed by atoms with van der Waals surface area (Å²) in [7, 11) is -3.63. The van der Waals surface area contributed by atoms with Gasteiger partial charge < -0.3 is 5.73 Å². The minimum atomic E-state index is -3.63. The van der Waals surface area contributed by atoms with Gasteiger partial charge in [-0.1, -0.05) is 32.0 Å². The first kappa shape index (κ1) is 15.3. The zero-order valence-corrected chi connectivity index (χ0v) is 13.0. The molecule has 3 N–H and O–H groups in total. The van der Waals surface area contributed by atoms with E-state index in [4.69, 9.17) is 18.0 Å². The maximum absolute atomic E-state index is 12.4. The molecule has 2 rings (SSSR count). The van der Waals surface area contributed by atoms with Crippen molar-refractivity contribution < 1.29 is 8.42 Å². The van der Waals surface area contributed by atoms with E-state index in [-0.39, 0.29) is 15.6 Å². The van der Waals surface area contributed by atoms with Crippen molar-refractivity contribution in [2.24, 2.45) is 17.6 Å². The van der Waals surface area contributed by atoms with Crippen LogP contribution in [0.2, 0.25) is 0 Å². The lowest BCUT2D eigenvalue weighted by atomic mass is 9.99. The van der Waals surface area contributed by atoms with Gasteiger partial charge in [0.15, 0.2) is 0 Å². The summed E-state index contributed by atoms with van der Waals surface area (Å²) in [5.41, 5.74) is 5.68. The molecule has 110 valence electrons. The summed E-state index contributed by atoms with van der Waals surface area (Å²) in [5, 5.41) is 0. The van der Waals surface area contributed by atoms with Crippen LogP contribution in [0, 0.1) is 11.8 Å². The molecule has 0 aliphatic heterocycles. The first-order chi connectivity index (χ1) is 9.42. The summed E-state index contributed by atoms with van der Waals surface area (Å²) in [6.45, 7) is 2.62. The average molecular weight is 313 g/mol. The smallest absolute Gasteiger partial charge is 0.242 e. The van der Waals surface area contributed by atoms with Crippen LogP contribution in [0.4, 0.5) is 0 Å². The monoisotopic (exact) mass is 313 g/mol. The Labute approximate surface area is 125 Å². The fourth-order valence-corrected chi connectivity index (χ4v) is 4.10. The summed E-state index contributed by atoms with van der Waals surface area (Å²) in [6, 6.07) is 3.04. The van der Waals surface area contributed by atoms with Crippen molar-refractivity contribution >= 4 is 27.2 Å². The fourth-order valence-electron chi connectivity index (χ4n) is 2.61. The Balaban J connectivity index is 2.16.